The van der Waals surface area contributed by atoms with Crippen LogP contribution in [0.5, 0.6) is 0 Å². The Kier molecular flexibility index (Phi) is 4.01. The SMILES string of the molecule is Cc1ccc2occ(/C=N/NC(=O)c3ccccc3)c(=O)c2c1. The summed E-state index contributed by atoms with van der Waals surface area (Å²) in [4.78, 5) is 24.2. The third-order valence-electron chi connectivity index (χ3n) is 3.36. The van der Waals surface area contributed by atoms with Crippen LogP contribution in [0.4, 0.5) is 0 Å². The number of nitrogens with one attached hydrogen (secondary N) is 1. The Balaban J connectivity index is 1.83. The zero-order chi connectivity index (χ0) is 16.2. The number of fused-ring (bicyclic) bond motifs is 1. The quantitative estimate of drug-likeness (QED) is 0.597. The molecule has 0 aliphatic rings. The topological polar surface area (TPSA) is 71.7 Å². The Bertz CT molecular complexity index is 943. The lowest BCUT2D eigenvalue weighted by molar-refractivity contribution is 0.0955. The zero-order valence-corrected chi connectivity index (χ0v) is 12.4. The number of aryl methyl sites for hydroxylation is 1. The molecule has 0 atom stereocenters. The van der Waals surface area contributed by atoms with Gasteiger partial charge in [0.15, 0.2) is 0 Å². The van der Waals surface area contributed by atoms with Gasteiger partial charge in [-0.1, -0.05) is 29.8 Å². The van der Waals surface area contributed by atoms with Crippen molar-refractivity contribution in [2.24, 2.45) is 5.10 Å². The molecule has 1 aromatic heterocycles. The van der Waals surface area contributed by atoms with Gasteiger partial charge in [0.05, 0.1) is 17.2 Å². The number of hydrazone groups is 1. The van der Waals surface area contributed by atoms with Crippen LogP contribution in [0.15, 0.2) is 69.1 Å². The van der Waals surface area contributed by atoms with E-state index < -0.39 is 0 Å². The summed E-state index contributed by atoms with van der Waals surface area (Å²) in [5, 5.41) is 4.31. The van der Waals surface area contributed by atoms with Gasteiger partial charge >= 0.3 is 0 Å². The molecular weight excluding hydrogens is 292 g/mol. The number of hydrogen-bond acceptors (Lipinski definition) is 4. The van der Waals surface area contributed by atoms with Gasteiger partial charge in [0.2, 0.25) is 5.43 Å². The number of nitrogens with zero attached hydrogens (tertiary/aromatic N) is 1. The fraction of sp³-hybridized carbons (Fsp3) is 0.0556. The summed E-state index contributed by atoms with van der Waals surface area (Å²) in [5.74, 6) is -0.345. The van der Waals surface area contributed by atoms with Gasteiger partial charge in [-0.15, -0.1) is 0 Å². The average molecular weight is 306 g/mol. The van der Waals surface area contributed by atoms with Crippen LogP contribution in [0.25, 0.3) is 11.0 Å². The molecule has 23 heavy (non-hydrogen) atoms. The van der Waals surface area contributed by atoms with Crippen molar-refractivity contribution in [1.82, 2.24) is 5.43 Å². The minimum Gasteiger partial charge on any atom is -0.463 e. The lowest BCUT2D eigenvalue weighted by Crippen LogP contribution is -2.18. The molecule has 2 aromatic carbocycles. The van der Waals surface area contributed by atoms with Crippen molar-refractivity contribution in [3.63, 3.8) is 0 Å². The maximum absolute atomic E-state index is 12.4. The maximum atomic E-state index is 12.4. The van der Waals surface area contributed by atoms with Crippen LogP contribution < -0.4 is 10.9 Å². The second kappa shape index (κ2) is 6.27. The highest BCUT2D eigenvalue weighted by Gasteiger charge is 2.06. The Morgan fingerprint density at radius 1 is 1.17 bits per heavy atom. The number of amides is 1. The van der Waals surface area contributed by atoms with Crippen molar-refractivity contribution in [3.05, 3.63) is 81.7 Å². The summed E-state index contributed by atoms with van der Waals surface area (Å²) in [7, 11) is 0. The molecule has 1 N–H and O–H groups in total. The third kappa shape index (κ3) is 3.18. The van der Waals surface area contributed by atoms with E-state index in [1.807, 2.05) is 19.1 Å². The van der Waals surface area contributed by atoms with Gasteiger partial charge in [0.25, 0.3) is 5.91 Å². The van der Waals surface area contributed by atoms with Crippen molar-refractivity contribution in [2.75, 3.05) is 0 Å². The second-order valence-electron chi connectivity index (χ2n) is 5.08. The number of carbonyl (C=O) groups excluding carboxylic acids is 1. The molecule has 5 heteroatoms. The van der Waals surface area contributed by atoms with Gasteiger partial charge in [-0.05, 0) is 31.2 Å². The molecule has 3 aromatic rings. The van der Waals surface area contributed by atoms with Gasteiger partial charge in [0.1, 0.15) is 11.8 Å². The van der Waals surface area contributed by atoms with E-state index in [1.54, 1.807) is 36.4 Å². The van der Waals surface area contributed by atoms with Gasteiger partial charge < -0.3 is 4.42 Å². The number of rotatable bonds is 3. The van der Waals surface area contributed by atoms with Crippen LogP contribution in [0, 0.1) is 6.92 Å². The monoisotopic (exact) mass is 306 g/mol. The largest absolute Gasteiger partial charge is 0.463 e. The van der Waals surface area contributed by atoms with Gasteiger partial charge in [-0.2, -0.15) is 5.10 Å². The normalized spacial score (nSPS) is 11.0. The van der Waals surface area contributed by atoms with Gasteiger partial charge in [0, 0.05) is 5.56 Å². The molecule has 0 aliphatic heterocycles. The molecule has 114 valence electrons. The molecule has 5 nitrogen and oxygen atoms in total. The highest BCUT2D eigenvalue weighted by molar-refractivity contribution is 5.95. The first kappa shape index (κ1) is 14.7. The predicted molar refractivity (Wildman–Crippen MR) is 88.7 cm³/mol. The molecule has 0 saturated heterocycles. The summed E-state index contributed by atoms with van der Waals surface area (Å²) in [6.45, 7) is 1.90. The first-order chi connectivity index (χ1) is 11.1. The van der Waals surface area contributed by atoms with Crippen molar-refractivity contribution in [2.45, 2.75) is 6.92 Å². The van der Waals surface area contributed by atoms with Gasteiger partial charge in [-0.25, -0.2) is 5.43 Å². The lowest BCUT2D eigenvalue weighted by Gasteiger charge is -2.00. The molecule has 3 rings (SSSR count). The van der Waals surface area contributed by atoms with Crippen LogP contribution in [0.3, 0.4) is 0 Å². The Morgan fingerprint density at radius 2 is 1.96 bits per heavy atom. The van der Waals surface area contributed by atoms with E-state index in [2.05, 4.69) is 10.5 Å². The van der Waals surface area contributed by atoms with Crippen LogP contribution in [0.2, 0.25) is 0 Å². The van der Waals surface area contributed by atoms with E-state index in [9.17, 15) is 9.59 Å². The standard InChI is InChI=1S/C18H14N2O3/c1-12-7-8-16-15(9-12)17(21)14(11-23-16)10-19-20-18(22)13-5-3-2-4-6-13/h2-11H,1H3,(H,20,22)/b19-10+. The van der Waals surface area contributed by atoms with Crippen molar-refractivity contribution < 1.29 is 9.21 Å². The molecule has 0 fully saturated rings. The summed E-state index contributed by atoms with van der Waals surface area (Å²) < 4.78 is 5.42. The molecule has 0 spiro atoms. The molecule has 0 radical (unpaired) electrons. The molecule has 0 saturated carbocycles. The Labute approximate surface area is 132 Å². The van der Waals surface area contributed by atoms with Crippen molar-refractivity contribution in [1.29, 1.82) is 0 Å². The summed E-state index contributed by atoms with van der Waals surface area (Å²) in [6.07, 6.45) is 2.62. The molecule has 0 aliphatic carbocycles. The smallest absolute Gasteiger partial charge is 0.271 e. The van der Waals surface area contributed by atoms with Crippen LogP contribution in [0.1, 0.15) is 21.5 Å². The first-order valence-electron chi connectivity index (χ1n) is 7.06. The number of benzene rings is 2. The molecular formula is C18H14N2O3. The average Bonchev–Trinajstić information content (AvgIpc) is 2.58. The minimum atomic E-state index is -0.345. The minimum absolute atomic E-state index is 0.187. The second-order valence-corrected chi connectivity index (χ2v) is 5.08. The van der Waals surface area contributed by atoms with E-state index in [4.69, 9.17) is 4.42 Å². The maximum Gasteiger partial charge on any atom is 0.271 e. The van der Waals surface area contributed by atoms with E-state index >= 15 is 0 Å². The van der Waals surface area contributed by atoms with Crippen LogP contribution in [-0.2, 0) is 0 Å². The molecule has 0 unspecified atom stereocenters. The fourth-order valence-electron chi connectivity index (χ4n) is 2.16. The van der Waals surface area contributed by atoms with Crippen LogP contribution in [-0.4, -0.2) is 12.1 Å². The van der Waals surface area contributed by atoms with E-state index in [0.717, 1.165) is 5.56 Å². The van der Waals surface area contributed by atoms with E-state index in [1.165, 1.54) is 12.5 Å². The number of carbonyl (C=O) groups is 1. The molecule has 1 amide bonds. The number of hydrogen-bond donors (Lipinski definition) is 1. The van der Waals surface area contributed by atoms with Gasteiger partial charge in [-0.3, -0.25) is 9.59 Å². The zero-order valence-electron chi connectivity index (χ0n) is 12.4. The third-order valence-corrected chi connectivity index (χ3v) is 3.36. The Morgan fingerprint density at radius 3 is 2.74 bits per heavy atom. The summed E-state index contributed by atoms with van der Waals surface area (Å²) in [6, 6.07) is 14.1. The highest BCUT2D eigenvalue weighted by atomic mass is 16.3. The predicted octanol–water partition coefficient (Wildman–Crippen LogP) is 2.87. The summed E-state index contributed by atoms with van der Waals surface area (Å²) >= 11 is 0. The van der Waals surface area contributed by atoms with Crippen LogP contribution >= 0.6 is 0 Å². The molecule has 1 heterocycles. The van der Waals surface area contributed by atoms with Crippen molar-refractivity contribution >= 4 is 23.1 Å². The summed E-state index contributed by atoms with van der Waals surface area (Å²) in [5.41, 5.74) is 4.45. The van der Waals surface area contributed by atoms with E-state index in [-0.39, 0.29) is 16.9 Å². The molecule has 0 bridgehead atoms. The fourth-order valence-corrected chi connectivity index (χ4v) is 2.16. The lowest BCUT2D eigenvalue weighted by atomic mass is 10.1. The Hall–Kier alpha value is -3.21. The van der Waals surface area contributed by atoms with E-state index in [0.29, 0.717) is 16.5 Å². The first-order valence-corrected chi connectivity index (χ1v) is 7.06. The highest BCUT2D eigenvalue weighted by Crippen LogP contribution is 2.12. The van der Waals surface area contributed by atoms with Crippen molar-refractivity contribution in [3.8, 4) is 0 Å².